The Morgan fingerprint density at radius 3 is 2.15 bits per heavy atom. The molecule has 10 heteroatoms. The second kappa shape index (κ2) is 15.2. The quantitative estimate of drug-likeness (QED) is 0.0806. The van der Waals surface area contributed by atoms with Crippen molar-refractivity contribution in [1.29, 1.82) is 0 Å². The number of nitrogens with zero attached hydrogens (tertiary/aromatic N) is 5. The predicted octanol–water partition coefficient (Wildman–Crippen LogP) is 7.89. The van der Waals surface area contributed by atoms with Gasteiger partial charge in [-0.1, -0.05) is 64.6 Å². The minimum atomic E-state index is -1.26. The first-order valence-electron chi connectivity index (χ1n) is 17.4. The van der Waals surface area contributed by atoms with Crippen molar-refractivity contribution >= 4 is 33.2 Å². The Morgan fingerprint density at radius 1 is 0.979 bits per heavy atom. The van der Waals surface area contributed by atoms with Crippen LogP contribution < -0.4 is 4.90 Å². The van der Waals surface area contributed by atoms with Gasteiger partial charge in [0.2, 0.25) is 0 Å². The molecule has 2 aliphatic carbocycles. The smallest absolute Gasteiger partial charge is 0.165 e. The van der Waals surface area contributed by atoms with E-state index in [0.717, 1.165) is 76.6 Å². The van der Waals surface area contributed by atoms with Crippen molar-refractivity contribution in [2.45, 2.75) is 96.3 Å². The fourth-order valence-corrected chi connectivity index (χ4v) is 8.46. The molecule has 2 aliphatic rings. The molecule has 3 aromatic rings. The fourth-order valence-electron chi connectivity index (χ4n) is 6.95. The molecule has 0 aromatic carbocycles. The normalized spacial score (nSPS) is 19.5. The van der Waals surface area contributed by atoms with Gasteiger partial charge in [-0.3, -0.25) is 0 Å². The van der Waals surface area contributed by atoms with Crippen LogP contribution in [0.4, 0.5) is 5.82 Å². The third kappa shape index (κ3) is 9.21. The highest BCUT2D eigenvalue weighted by atomic mass is 28.3. The third-order valence-corrected chi connectivity index (χ3v) is 12.9. The van der Waals surface area contributed by atoms with Crippen molar-refractivity contribution in [3.63, 3.8) is 0 Å². The molecule has 3 atom stereocenters. The van der Waals surface area contributed by atoms with Gasteiger partial charge >= 0.3 is 0 Å². The topological polar surface area (TPSA) is 85.0 Å². The molecule has 254 valence electrons. The van der Waals surface area contributed by atoms with Gasteiger partial charge in [-0.05, 0) is 73.7 Å². The lowest BCUT2D eigenvalue weighted by Gasteiger charge is -2.33. The van der Waals surface area contributed by atoms with E-state index >= 15 is 0 Å². The molecule has 2 bridgehead atoms. The lowest BCUT2D eigenvalue weighted by atomic mass is 9.77. The molecule has 2 saturated carbocycles. The molecule has 1 N–H and O–H groups in total. The zero-order valence-electron chi connectivity index (χ0n) is 29.7. The minimum absolute atomic E-state index is 0.193. The van der Waals surface area contributed by atoms with Gasteiger partial charge in [-0.15, -0.1) is 0 Å². The fraction of sp³-hybridized carbons (Fsp3) is 0.595. The van der Waals surface area contributed by atoms with Crippen molar-refractivity contribution in [3.05, 3.63) is 48.1 Å². The van der Waals surface area contributed by atoms with E-state index in [2.05, 4.69) is 74.5 Å². The molecule has 0 saturated heterocycles. The molecule has 5 rings (SSSR count). The highest BCUT2D eigenvalue weighted by molar-refractivity contribution is 6.76. The molecule has 8 nitrogen and oxygen atoms in total. The summed E-state index contributed by atoms with van der Waals surface area (Å²) in [5.41, 5.74) is 6.47. The number of anilines is 1. The number of fused-ring (bicyclic) bond motifs is 3. The second-order valence-electron chi connectivity index (χ2n) is 16.1. The summed E-state index contributed by atoms with van der Waals surface area (Å²) >= 11 is 0. The lowest BCUT2D eigenvalue weighted by Crippen LogP contribution is -2.34. The van der Waals surface area contributed by atoms with E-state index in [4.69, 9.17) is 24.7 Å². The molecule has 3 aromatic heterocycles. The van der Waals surface area contributed by atoms with E-state index in [-0.39, 0.29) is 6.61 Å². The second-order valence-corrected chi connectivity index (χ2v) is 27.4. The molecule has 3 heterocycles. The molecular formula is C37H55N5O3Si2. The number of hydrogen-bond donors (Lipinski definition) is 1. The van der Waals surface area contributed by atoms with Crippen molar-refractivity contribution < 1.29 is 14.6 Å². The zero-order chi connectivity index (χ0) is 33.8. The summed E-state index contributed by atoms with van der Waals surface area (Å²) in [6.45, 7) is 23.0. The van der Waals surface area contributed by atoms with Crippen molar-refractivity contribution in [2.75, 3.05) is 38.2 Å². The Kier molecular flexibility index (Phi) is 11.5. The van der Waals surface area contributed by atoms with Crippen LogP contribution in [0.25, 0.3) is 22.3 Å². The highest BCUT2D eigenvalue weighted by Crippen LogP contribution is 2.50. The van der Waals surface area contributed by atoms with E-state index in [1.54, 1.807) is 0 Å². The molecule has 1 unspecified atom stereocenters. The highest BCUT2D eigenvalue weighted by Gasteiger charge is 2.38. The molecule has 0 amide bonds. The van der Waals surface area contributed by atoms with Crippen LogP contribution in [0.2, 0.25) is 51.4 Å². The molecule has 0 aliphatic heterocycles. The maximum absolute atomic E-state index is 9.11. The van der Waals surface area contributed by atoms with E-state index < -0.39 is 16.1 Å². The number of allylic oxidation sites excluding steroid dienone is 1. The van der Waals surface area contributed by atoms with E-state index in [1.165, 1.54) is 32.1 Å². The minimum Gasteiger partial charge on any atom is -0.384 e. The summed E-state index contributed by atoms with van der Waals surface area (Å²) in [6.07, 6.45) is 10.1. The Labute approximate surface area is 284 Å². The van der Waals surface area contributed by atoms with Gasteiger partial charge in [0, 0.05) is 58.2 Å². The van der Waals surface area contributed by atoms with Crippen LogP contribution in [0.3, 0.4) is 0 Å². The molecule has 47 heavy (non-hydrogen) atoms. The zero-order valence-corrected chi connectivity index (χ0v) is 31.7. The van der Waals surface area contributed by atoms with Crippen LogP contribution in [-0.2, 0) is 9.47 Å². The van der Waals surface area contributed by atoms with Crippen LogP contribution in [-0.4, -0.2) is 74.1 Å². The van der Waals surface area contributed by atoms with Gasteiger partial charge in [0.05, 0.1) is 11.9 Å². The lowest BCUT2D eigenvalue weighted by molar-refractivity contribution is 0.0941. The number of aliphatic hydroxyl groups excluding tert-OH is 1. The van der Waals surface area contributed by atoms with Crippen LogP contribution in [0.5, 0.6) is 0 Å². The average Bonchev–Trinajstić information content (AvgIpc) is 3.59. The van der Waals surface area contributed by atoms with Crippen molar-refractivity contribution in [1.82, 2.24) is 19.6 Å². The molecule has 0 radical (unpaired) electrons. The number of aromatic nitrogens is 4. The summed E-state index contributed by atoms with van der Waals surface area (Å²) in [7, 11) is -2.51. The Balaban J connectivity index is 1.62. The van der Waals surface area contributed by atoms with E-state index in [0.29, 0.717) is 25.1 Å². The van der Waals surface area contributed by atoms with Crippen LogP contribution >= 0.6 is 0 Å². The van der Waals surface area contributed by atoms with Gasteiger partial charge in [0.25, 0.3) is 0 Å². The third-order valence-electron chi connectivity index (χ3n) is 9.51. The monoisotopic (exact) mass is 673 g/mol. The Hall–Kier alpha value is -2.82. The molecular weight excluding hydrogens is 619 g/mol. The molecule has 0 spiro atoms. The number of ether oxygens (including phenoxy) is 2. The maximum Gasteiger partial charge on any atom is 0.165 e. The number of pyridine rings is 1. The first-order chi connectivity index (χ1) is 22.3. The Bertz CT molecular complexity index is 1560. The summed E-state index contributed by atoms with van der Waals surface area (Å²) in [5, 5.41) is 14.1. The van der Waals surface area contributed by atoms with Gasteiger partial charge in [-0.2, -0.15) is 9.61 Å². The number of rotatable bonds is 14. The van der Waals surface area contributed by atoms with E-state index in [1.807, 2.05) is 29.0 Å². The average molecular weight is 674 g/mol. The molecule has 2 fully saturated rings. The summed E-state index contributed by atoms with van der Waals surface area (Å²) in [5.74, 6) is 8.43. The predicted molar refractivity (Wildman–Crippen MR) is 198 cm³/mol. The first-order valence-corrected chi connectivity index (χ1v) is 24.8. The van der Waals surface area contributed by atoms with Gasteiger partial charge in [0.15, 0.2) is 5.65 Å². The van der Waals surface area contributed by atoms with Gasteiger partial charge in [-0.25, -0.2) is 9.97 Å². The van der Waals surface area contributed by atoms with Crippen LogP contribution in [0.1, 0.15) is 61.9 Å². The number of hydrogen-bond acceptors (Lipinski definition) is 7. The Morgan fingerprint density at radius 2 is 1.62 bits per heavy atom. The maximum atomic E-state index is 9.11. The summed E-state index contributed by atoms with van der Waals surface area (Å²) in [4.78, 5) is 12.3. The van der Waals surface area contributed by atoms with Gasteiger partial charge < -0.3 is 19.5 Å². The summed E-state index contributed by atoms with van der Waals surface area (Å²) < 4.78 is 14.8. The standard InChI is InChI=1S/C37H55N5O3Si2/c1-27(2)34-35(31-21-28-11-12-29(20-28)22-31)40-36-33(30-13-14-32(38-23-30)10-9-15-43)24-39-42(36)37(34)41(25-44-16-18-46(3,4)5)26-45-17-19-47(6,7)8/h13-14,23-24,28-29,31,43H,1,11-12,15-22,25-26H2,2-8H3/t28-,29+,31?. The van der Waals surface area contributed by atoms with E-state index in [9.17, 15) is 0 Å². The SMILES string of the molecule is C=C(C)c1c(C2C[C@H]3CC[C@@H](C2)C3)nc2c(-c3ccc(C#CCO)nc3)cnn2c1N(COCC[Si](C)(C)C)COCC[Si](C)(C)C. The van der Waals surface area contributed by atoms with Crippen LogP contribution in [0.15, 0.2) is 31.1 Å². The first kappa shape index (κ1) is 35.5. The van der Waals surface area contributed by atoms with Crippen LogP contribution in [0, 0.1) is 23.7 Å². The summed E-state index contributed by atoms with van der Waals surface area (Å²) in [6, 6.07) is 6.10. The largest absolute Gasteiger partial charge is 0.384 e. The van der Waals surface area contributed by atoms with Gasteiger partial charge in [0.1, 0.15) is 31.6 Å². The van der Waals surface area contributed by atoms with Crippen molar-refractivity contribution in [3.8, 4) is 23.0 Å². The van der Waals surface area contributed by atoms with Crippen molar-refractivity contribution in [2.24, 2.45) is 11.8 Å². The number of aliphatic hydroxyl groups is 1.